The van der Waals surface area contributed by atoms with Crippen LogP contribution in [-0.2, 0) is 29.7 Å². The summed E-state index contributed by atoms with van der Waals surface area (Å²) in [5.41, 5.74) is 2.48. The Morgan fingerprint density at radius 3 is 2.22 bits per heavy atom. The molecule has 5 rings (SSSR count). The van der Waals surface area contributed by atoms with Crippen LogP contribution in [0, 0.1) is 23.7 Å². The third-order valence-electron chi connectivity index (χ3n) is 8.91. The number of hydrogen-bond acceptors (Lipinski definition) is 7. The average molecular weight is 635 g/mol. The van der Waals surface area contributed by atoms with Crippen molar-refractivity contribution in [1.29, 1.82) is 0 Å². The predicted molar refractivity (Wildman–Crippen MR) is 173 cm³/mol. The molecule has 2 aromatic carbocycles. The van der Waals surface area contributed by atoms with Gasteiger partial charge < -0.3 is 14.6 Å². The Hall–Kier alpha value is -3.76. The van der Waals surface area contributed by atoms with Crippen LogP contribution in [0.25, 0.3) is 10.9 Å². The topological polar surface area (TPSA) is 131 Å². The van der Waals surface area contributed by atoms with Crippen molar-refractivity contribution >= 4 is 33.8 Å². The lowest BCUT2D eigenvalue weighted by Gasteiger charge is -2.45. The third kappa shape index (κ3) is 7.23. The summed E-state index contributed by atoms with van der Waals surface area (Å²) < 4.78 is 27.8. The van der Waals surface area contributed by atoms with E-state index in [9.17, 15) is 28.3 Å². The SMILES string of the molecule is CC(C)C(C(=O)O)N(N1CCN(c2ccc(C#Cc3ccc4c(c3)c(=O)n(CC3CCCCC3)c(=O)n4C)cc2)CC1)S(=O)[O-]. The molecular weight excluding hydrogens is 594 g/mol. The second kappa shape index (κ2) is 14.1. The van der Waals surface area contributed by atoms with Crippen LogP contribution < -0.4 is 16.1 Å². The Balaban J connectivity index is 1.28. The number of nitrogens with zero attached hydrogens (tertiary/aromatic N) is 5. The summed E-state index contributed by atoms with van der Waals surface area (Å²) in [6.07, 6.45) is 5.58. The van der Waals surface area contributed by atoms with Crippen LogP contribution in [0.2, 0.25) is 0 Å². The number of hydrogen-bond donors (Lipinski definition) is 1. The number of aromatic nitrogens is 2. The lowest BCUT2D eigenvalue weighted by molar-refractivity contribution is -0.149. The average Bonchev–Trinajstić information content (AvgIpc) is 3.03. The quantitative estimate of drug-likeness (QED) is 0.296. The smallest absolute Gasteiger partial charge is 0.331 e. The highest BCUT2D eigenvalue weighted by Crippen LogP contribution is 2.25. The minimum atomic E-state index is -2.70. The number of anilines is 1. The van der Waals surface area contributed by atoms with Crippen molar-refractivity contribution in [1.82, 2.24) is 18.6 Å². The molecule has 0 radical (unpaired) electrons. The molecule has 1 saturated carbocycles. The van der Waals surface area contributed by atoms with Gasteiger partial charge in [0.25, 0.3) is 5.56 Å². The molecule has 1 aromatic heterocycles. The first-order valence-corrected chi connectivity index (χ1v) is 16.5. The van der Waals surface area contributed by atoms with E-state index >= 15 is 0 Å². The van der Waals surface area contributed by atoms with Gasteiger partial charge in [-0.05, 0) is 67.1 Å². The molecule has 2 unspecified atom stereocenters. The van der Waals surface area contributed by atoms with Crippen LogP contribution in [0.4, 0.5) is 5.69 Å². The highest BCUT2D eigenvalue weighted by atomic mass is 32.2. The van der Waals surface area contributed by atoms with Crippen LogP contribution in [0.1, 0.15) is 57.1 Å². The van der Waals surface area contributed by atoms with Gasteiger partial charge >= 0.3 is 11.7 Å². The predicted octanol–water partition coefficient (Wildman–Crippen LogP) is 2.92. The van der Waals surface area contributed by atoms with Crippen LogP contribution in [0.5, 0.6) is 0 Å². The van der Waals surface area contributed by atoms with Crippen molar-refractivity contribution < 1.29 is 18.7 Å². The lowest BCUT2D eigenvalue weighted by Crippen LogP contribution is -2.60. The minimum Gasteiger partial charge on any atom is -0.759 e. The van der Waals surface area contributed by atoms with Crippen LogP contribution in [-0.4, -0.2) is 70.6 Å². The number of benzene rings is 2. The van der Waals surface area contributed by atoms with E-state index in [0.29, 0.717) is 55.1 Å². The molecule has 1 saturated heterocycles. The van der Waals surface area contributed by atoms with Crippen LogP contribution >= 0.6 is 0 Å². The van der Waals surface area contributed by atoms with Crippen molar-refractivity contribution in [3.8, 4) is 11.8 Å². The molecule has 0 spiro atoms. The van der Waals surface area contributed by atoms with Gasteiger partial charge in [0.15, 0.2) is 0 Å². The summed E-state index contributed by atoms with van der Waals surface area (Å²) >= 11 is -2.70. The molecule has 1 aliphatic heterocycles. The van der Waals surface area contributed by atoms with E-state index in [2.05, 4.69) is 16.7 Å². The van der Waals surface area contributed by atoms with E-state index in [1.807, 2.05) is 30.3 Å². The summed E-state index contributed by atoms with van der Waals surface area (Å²) in [5.74, 6) is 5.11. The van der Waals surface area contributed by atoms with Gasteiger partial charge in [-0.3, -0.25) is 22.9 Å². The number of hydrazine groups is 1. The minimum absolute atomic E-state index is 0.265. The van der Waals surface area contributed by atoms with Gasteiger partial charge in [0, 0.05) is 67.9 Å². The molecule has 1 aliphatic carbocycles. The zero-order valence-electron chi connectivity index (χ0n) is 26.0. The molecule has 2 fully saturated rings. The fourth-order valence-corrected chi connectivity index (χ4v) is 7.30. The molecule has 0 bridgehead atoms. The highest BCUT2D eigenvalue weighted by molar-refractivity contribution is 7.76. The van der Waals surface area contributed by atoms with E-state index in [1.54, 1.807) is 42.6 Å². The summed E-state index contributed by atoms with van der Waals surface area (Å²) in [6, 6.07) is 11.9. The Morgan fingerprint density at radius 2 is 1.62 bits per heavy atom. The first kappa shape index (κ1) is 32.6. The number of carbonyl (C=O) groups is 1. The van der Waals surface area contributed by atoms with Gasteiger partial charge in [-0.25, -0.2) is 9.80 Å². The van der Waals surface area contributed by atoms with Crippen molar-refractivity contribution in [2.75, 3.05) is 31.1 Å². The Labute approximate surface area is 265 Å². The number of aliphatic carboxylic acids is 1. The number of aryl methyl sites for hydroxylation is 1. The van der Waals surface area contributed by atoms with E-state index in [0.717, 1.165) is 41.3 Å². The number of carboxylic acid groups (broad SMARTS) is 1. The largest absolute Gasteiger partial charge is 0.759 e. The van der Waals surface area contributed by atoms with Crippen molar-refractivity contribution in [2.24, 2.45) is 18.9 Å². The molecule has 45 heavy (non-hydrogen) atoms. The molecule has 3 aromatic rings. The zero-order chi connectivity index (χ0) is 32.2. The monoisotopic (exact) mass is 634 g/mol. The molecule has 1 N–H and O–H groups in total. The van der Waals surface area contributed by atoms with Crippen LogP contribution in [0.15, 0.2) is 52.1 Å². The van der Waals surface area contributed by atoms with E-state index < -0.39 is 23.3 Å². The maximum absolute atomic E-state index is 13.4. The van der Waals surface area contributed by atoms with Gasteiger partial charge in [0.2, 0.25) is 0 Å². The van der Waals surface area contributed by atoms with Crippen LogP contribution in [0.3, 0.4) is 0 Å². The molecule has 2 aliphatic rings. The Kier molecular flexibility index (Phi) is 10.2. The Bertz CT molecular complexity index is 1740. The molecule has 11 nitrogen and oxygen atoms in total. The first-order valence-electron chi connectivity index (χ1n) is 15.5. The second-order valence-electron chi connectivity index (χ2n) is 12.3. The van der Waals surface area contributed by atoms with Gasteiger partial charge in [-0.15, -0.1) is 0 Å². The number of fused-ring (bicyclic) bond motifs is 1. The van der Waals surface area contributed by atoms with Crippen molar-refractivity contribution in [3.63, 3.8) is 0 Å². The number of carboxylic acids is 1. The molecule has 2 atom stereocenters. The summed E-state index contributed by atoms with van der Waals surface area (Å²) in [4.78, 5) is 40.3. The lowest BCUT2D eigenvalue weighted by atomic mass is 9.89. The summed E-state index contributed by atoms with van der Waals surface area (Å²) in [7, 11) is 1.70. The number of rotatable bonds is 8. The molecular formula is C33H40N5O6S-. The standard InChI is InChI=1S/C33H41N5O6S/c1-23(2)30(32(40)41)38(45(43)44)36-19-17-35(18-20-36)27-14-11-24(12-15-27)9-10-25-13-16-29-28(21-25)31(39)37(33(42)34(29)3)22-26-7-5-4-6-8-26/h11-16,21,23,26,30H,4-8,17-20,22H2,1-3H3,(H,40,41)(H,43,44)/p-1. The molecule has 240 valence electrons. The van der Waals surface area contributed by atoms with Crippen molar-refractivity contribution in [2.45, 2.75) is 58.5 Å². The van der Waals surface area contributed by atoms with E-state index in [-0.39, 0.29) is 17.2 Å². The third-order valence-corrected chi connectivity index (χ3v) is 9.67. The maximum Gasteiger partial charge on any atom is 0.331 e. The first-order chi connectivity index (χ1) is 21.5. The normalized spacial score (nSPS) is 17.8. The molecule has 0 amide bonds. The van der Waals surface area contributed by atoms with Gasteiger partial charge in [0.05, 0.1) is 10.9 Å². The second-order valence-corrected chi connectivity index (χ2v) is 13.1. The Morgan fingerprint density at radius 1 is 1.00 bits per heavy atom. The number of piperazine rings is 1. The fraction of sp³-hybridized carbons (Fsp3) is 0.485. The van der Waals surface area contributed by atoms with Gasteiger partial charge in [-0.2, -0.15) is 4.41 Å². The summed E-state index contributed by atoms with van der Waals surface area (Å²) in [6.45, 7) is 5.62. The maximum atomic E-state index is 13.4. The van der Waals surface area contributed by atoms with Crippen molar-refractivity contribution in [3.05, 3.63) is 74.4 Å². The fourth-order valence-electron chi connectivity index (χ4n) is 6.43. The zero-order valence-corrected chi connectivity index (χ0v) is 26.8. The molecule has 2 heterocycles. The molecule has 12 heteroatoms. The van der Waals surface area contributed by atoms with E-state index in [1.165, 1.54) is 11.0 Å². The van der Waals surface area contributed by atoms with Gasteiger partial charge in [0.1, 0.15) is 6.04 Å². The highest BCUT2D eigenvalue weighted by Gasteiger charge is 2.35. The summed E-state index contributed by atoms with van der Waals surface area (Å²) in [5, 5.41) is 11.7. The van der Waals surface area contributed by atoms with Gasteiger partial charge in [-0.1, -0.05) is 45.0 Å². The van der Waals surface area contributed by atoms with E-state index in [4.69, 9.17) is 0 Å².